The molecular weight excluding hydrogens is 244 g/mol. The highest BCUT2D eigenvalue weighted by Gasteiger charge is 2.19. The van der Waals surface area contributed by atoms with Crippen molar-refractivity contribution in [3.8, 4) is 0 Å². The molecule has 2 aromatic rings. The molecule has 18 heavy (non-hydrogen) atoms. The Labute approximate surface area is 111 Å². The number of hydrogen-bond acceptors (Lipinski definition) is 4. The number of hydrogen-bond donors (Lipinski definition) is 1. The minimum Gasteiger partial charge on any atom is -0.330 e. The maximum Gasteiger partial charge on any atom is 0.216 e. The summed E-state index contributed by atoms with van der Waals surface area (Å²) in [6.07, 6.45) is 9.58. The van der Waals surface area contributed by atoms with Gasteiger partial charge in [-0.15, -0.1) is 10.2 Å². The molecule has 1 aliphatic carbocycles. The zero-order chi connectivity index (χ0) is 12.4. The lowest BCUT2D eigenvalue weighted by Gasteiger charge is -2.11. The summed E-state index contributed by atoms with van der Waals surface area (Å²) in [6.45, 7) is 0.795. The van der Waals surface area contributed by atoms with Crippen LogP contribution >= 0.6 is 11.3 Å². The molecule has 0 spiro atoms. The molecule has 4 nitrogen and oxygen atoms in total. The van der Waals surface area contributed by atoms with Crippen molar-refractivity contribution in [2.24, 2.45) is 5.73 Å². The van der Waals surface area contributed by atoms with Gasteiger partial charge in [-0.2, -0.15) is 0 Å². The molecule has 0 atom stereocenters. The van der Waals surface area contributed by atoms with Gasteiger partial charge in [0.15, 0.2) is 0 Å². The Hall–Kier alpha value is -0.940. The summed E-state index contributed by atoms with van der Waals surface area (Å²) in [7, 11) is 0. The summed E-state index contributed by atoms with van der Waals surface area (Å²) in [5, 5.41) is 8.68. The third kappa shape index (κ3) is 2.17. The minimum atomic E-state index is 0.795. The van der Waals surface area contributed by atoms with Crippen molar-refractivity contribution in [2.75, 3.05) is 6.54 Å². The van der Waals surface area contributed by atoms with Crippen LogP contribution in [0, 0.1) is 0 Å². The van der Waals surface area contributed by atoms with E-state index in [4.69, 9.17) is 5.73 Å². The number of aryl methyl sites for hydroxylation is 3. The number of thiazole rings is 1. The van der Waals surface area contributed by atoms with E-state index in [1.807, 2.05) is 11.3 Å². The Morgan fingerprint density at radius 3 is 2.89 bits per heavy atom. The quantitative estimate of drug-likeness (QED) is 0.843. The lowest BCUT2D eigenvalue weighted by atomic mass is 10.0. The molecule has 0 aromatic carbocycles. The first-order valence-corrected chi connectivity index (χ1v) is 7.76. The molecule has 98 valence electrons. The lowest BCUT2D eigenvalue weighted by Crippen LogP contribution is -2.06. The number of rotatable bonds is 5. The van der Waals surface area contributed by atoms with Crippen molar-refractivity contribution in [3.05, 3.63) is 16.4 Å². The minimum absolute atomic E-state index is 0.795. The zero-order valence-corrected chi connectivity index (χ0v) is 11.5. The van der Waals surface area contributed by atoms with Gasteiger partial charge in [0.2, 0.25) is 4.96 Å². The van der Waals surface area contributed by atoms with E-state index >= 15 is 0 Å². The van der Waals surface area contributed by atoms with Gasteiger partial charge in [-0.1, -0.05) is 17.8 Å². The van der Waals surface area contributed by atoms with Crippen molar-refractivity contribution in [2.45, 2.75) is 51.4 Å². The highest BCUT2D eigenvalue weighted by molar-refractivity contribution is 7.17. The molecule has 2 heterocycles. The van der Waals surface area contributed by atoms with Crippen LogP contribution in [0.25, 0.3) is 4.96 Å². The SMILES string of the molecule is NCCCCCc1nnc2sc3c(n12)CCCC3. The first-order valence-electron chi connectivity index (χ1n) is 6.95. The summed E-state index contributed by atoms with van der Waals surface area (Å²) in [5.41, 5.74) is 7.01. The Bertz CT molecular complexity index is 528. The molecule has 1 aliphatic rings. The van der Waals surface area contributed by atoms with Gasteiger partial charge in [-0.05, 0) is 45.1 Å². The molecule has 0 unspecified atom stereocenters. The van der Waals surface area contributed by atoms with Gasteiger partial charge in [0.05, 0.1) is 0 Å². The zero-order valence-electron chi connectivity index (χ0n) is 10.7. The van der Waals surface area contributed by atoms with Crippen LogP contribution < -0.4 is 5.73 Å². The fraction of sp³-hybridized carbons (Fsp3) is 0.692. The van der Waals surface area contributed by atoms with Gasteiger partial charge in [0, 0.05) is 17.0 Å². The van der Waals surface area contributed by atoms with Gasteiger partial charge < -0.3 is 5.73 Å². The Balaban J connectivity index is 1.81. The number of fused-ring (bicyclic) bond motifs is 3. The molecule has 0 amide bonds. The van der Waals surface area contributed by atoms with Gasteiger partial charge >= 0.3 is 0 Å². The summed E-state index contributed by atoms with van der Waals surface area (Å²) in [5.74, 6) is 1.15. The van der Waals surface area contributed by atoms with Crippen LogP contribution in [0.15, 0.2) is 0 Å². The second kappa shape index (κ2) is 5.36. The Morgan fingerprint density at radius 1 is 1.11 bits per heavy atom. The first-order chi connectivity index (χ1) is 8.90. The molecule has 0 aliphatic heterocycles. The molecule has 3 rings (SSSR count). The highest BCUT2D eigenvalue weighted by atomic mass is 32.1. The summed E-state index contributed by atoms with van der Waals surface area (Å²) < 4.78 is 2.32. The van der Waals surface area contributed by atoms with E-state index in [2.05, 4.69) is 14.6 Å². The van der Waals surface area contributed by atoms with Crippen molar-refractivity contribution in [1.82, 2.24) is 14.6 Å². The molecule has 0 saturated heterocycles. The largest absolute Gasteiger partial charge is 0.330 e. The molecule has 2 aromatic heterocycles. The van der Waals surface area contributed by atoms with Crippen LogP contribution in [0.1, 0.15) is 48.5 Å². The summed E-state index contributed by atoms with van der Waals surface area (Å²) >= 11 is 1.83. The smallest absolute Gasteiger partial charge is 0.216 e. The van der Waals surface area contributed by atoms with Crippen molar-refractivity contribution >= 4 is 16.3 Å². The molecule has 0 radical (unpaired) electrons. The van der Waals surface area contributed by atoms with Crippen LogP contribution in [0.4, 0.5) is 0 Å². The maximum absolute atomic E-state index is 5.52. The average Bonchev–Trinajstić information content (AvgIpc) is 2.94. The molecule has 0 fully saturated rings. The topological polar surface area (TPSA) is 56.2 Å². The predicted molar refractivity (Wildman–Crippen MR) is 74.1 cm³/mol. The standard InChI is InChI=1S/C13H20N4S/c14-9-5-1-2-8-12-15-16-13-17(12)10-6-3-4-7-11(10)18-13/h1-9,14H2. The van der Waals surface area contributed by atoms with E-state index in [9.17, 15) is 0 Å². The van der Waals surface area contributed by atoms with Crippen LogP contribution in [-0.4, -0.2) is 21.1 Å². The summed E-state index contributed by atoms with van der Waals surface area (Å²) in [4.78, 5) is 2.63. The second-order valence-corrected chi connectivity index (χ2v) is 6.07. The van der Waals surface area contributed by atoms with Crippen LogP contribution in [-0.2, 0) is 19.3 Å². The average molecular weight is 264 g/mol. The van der Waals surface area contributed by atoms with Crippen molar-refractivity contribution < 1.29 is 0 Å². The van der Waals surface area contributed by atoms with Gasteiger partial charge in [0.25, 0.3) is 0 Å². The van der Waals surface area contributed by atoms with Crippen LogP contribution in [0.3, 0.4) is 0 Å². The number of unbranched alkanes of at least 4 members (excludes halogenated alkanes) is 2. The van der Waals surface area contributed by atoms with Gasteiger partial charge in [-0.25, -0.2) is 0 Å². The summed E-state index contributed by atoms with van der Waals surface area (Å²) in [6, 6.07) is 0. The normalized spacial score (nSPS) is 15.2. The number of nitrogens with two attached hydrogens (primary N) is 1. The molecule has 2 N–H and O–H groups in total. The second-order valence-electron chi connectivity index (χ2n) is 5.01. The van der Waals surface area contributed by atoms with Gasteiger partial charge in [0.1, 0.15) is 5.82 Å². The van der Waals surface area contributed by atoms with E-state index in [1.54, 1.807) is 0 Å². The Kier molecular flexibility index (Phi) is 3.61. The highest BCUT2D eigenvalue weighted by Crippen LogP contribution is 2.30. The molecular formula is C13H20N4S. The number of nitrogens with zero attached hydrogens (tertiary/aromatic N) is 3. The molecule has 5 heteroatoms. The fourth-order valence-corrected chi connectivity index (χ4v) is 3.89. The first kappa shape index (κ1) is 12.1. The van der Waals surface area contributed by atoms with Crippen LogP contribution in [0.2, 0.25) is 0 Å². The fourth-order valence-electron chi connectivity index (χ4n) is 2.72. The van der Waals surface area contributed by atoms with E-state index < -0.39 is 0 Å². The predicted octanol–water partition coefficient (Wildman–Crippen LogP) is 2.34. The third-order valence-electron chi connectivity index (χ3n) is 3.68. The van der Waals surface area contributed by atoms with E-state index in [0.29, 0.717) is 0 Å². The maximum atomic E-state index is 5.52. The van der Waals surface area contributed by atoms with E-state index in [1.165, 1.54) is 49.1 Å². The van der Waals surface area contributed by atoms with E-state index in [0.717, 1.165) is 30.2 Å². The lowest BCUT2D eigenvalue weighted by molar-refractivity contribution is 0.644. The molecule has 0 bridgehead atoms. The van der Waals surface area contributed by atoms with Crippen molar-refractivity contribution in [1.29, 1.82) is 0 Å². The van der Waals surface area contributed by atoms with E-state index in [-0.39, 0.29) is 0 Å². The molecule has 0 saturated carbocycles. The van der Waals surface area contributed by atoms with Gasteiger partial charge in [-0.3, -0.25) is 4.40 Å². The Morgan fingerprint density at radius 2 is 2.00 bits per heavy atom. The number of aromatic nitrogens is 3. The van der Waals surface area contributed by atoms with Crippen molar-refractivity contribution in [3.63, 3.8) is 0 Å². The third-order valence-corrected chi connectivity index (χ3v) is 4.81. The van der Waals surface area contributed by atoms with Crippen LogP contribution in [0.5, 0.6) is 0 Å². The monoisotopic (exact) mass is 264 g/mol.